The number of alkyl halides is 8. The second-order valence-electron chi connectivity index (χ2n) is 8.69. The highest BCUT2D eigenvalue weighted by Gasteiger charge is 2.84. The van der Waals surface area contributed by atoms with E-state index in [1.165, 1.54) is 0 Å². The van der Waals surface area contributed by atoms with Crippen molar-refractivity contribution in [2.24, 2.45) is 0 Å². The standard InChI is InChI=1S/C24H20F8N2O10S2/c1-7-9(15(35)41-3)13(45-11(7)17(37)43-5)33-19(39)21(25,26)23(29,30)24(31,32)22(27,28)20(40)34-14-10(16(36)42-4)8(2)12(46-14)18(38)44-6/h1-6H3,(H,33,39)(H,34,40). The number of methoxy groups -OCH3 is 4. The van der Waals surface area contributed by atoms with Gasteiger partial charge in [-0.2, -0.15) is 35.1 Å². The Bertz CT molecular complexity index is 1490. The summed E-state index contributed by atoms with van der Waals surface area (Å²) >= 11 is -0.0119. The van der Waals surface area contributed by atoms with E-state index in [0.717, 1.165) is 52.9 Å². The maximum absolute atomic E-state index is 14.7. The Balaban J connectivity index is 2.54. The van der Waals surface area contributed by atoms with E-state index in [-0.39, 0.29) is 33.8 Å². The van der Waals surface area contributed by atoms with E-state index >= 15 is 0 Å². The highest BCUT2D eigenvalue weighted by molar-refractivity contribution is 7.19. The largest absolute Gasteiger partial charge is 0.465 e. The molecule has 0 unspecified atom stereocenters. The number of carbonyl (C=O) groups is 6. The average molecular weight is 713 g/mol. The summed E-state index contributed by atoms with van der Waals surface area (Å²) in [5.74, 6) is -40.2. The number of nitrogens with one attached hydrogen (secondary N) is 2. The molecule has 0 aromatic carbocycles. The molecular formula is C24H20F8N2O10S2. The van der Waals surface area contributed by atoms with Crippen molar-refractivity contribution >= 4 is 68.4 Å². The Hall–Kier alpha value is -4.34. The molecule has 0 atom stereocenters. The Morgan fingerprint density at radius 2 is 0.783 bits per heavy atom. The minimum Gasteiger partial charge on any atom is -0.465 e. The van der Waals surface area contributed by atoms with Crippen molar-refractivity contribution in [2.75, 3.05) is 39.1 Å². The smallest absolute Gasteiger partial charge is 0.393 e. The van der Waals surface area contributed by atoms with Crippen molar-refractivity contribution in [1.82, 2.24) is 0 Å². The number of rotatable bonds is 11. The fourth-order valence-corrected chi connectivity index (χ4v) is 5.73. The Morgan fingerprint density at radius 3 is 1.02 bits per heavy atom. The maximum Gasteiger partial charge on any atom is 0.393 e. The molecule has 0 aliphatic rings. The number of thiophene rings is 2. The van der Waals surface area contributed by atoms with E-state index in [1.807, 2.05) is 0 Å². The molecule has 2 heterocycles. The molecule has 2 N–H and O–H groups in total. The zero-order chi connectivity index (χ0) is 35.7. The summed E-state index contributed by atoms with van der Waals surface area (Å²) in [7, 11) is 3.19. The first-order valence-corrected chi connectivity index (χ1v) is 13.4. The van der Waals surface area contributed by atoms with Crippen LogP contribution in [0.15, 0.2) is 0 Å². The molecule has 2 aromatic heterocycles. The number of esters is 4. The predicted octanol–water partition coefficient (Wildman–Crippen LogP) is 4.69. The number of halogens is 8. The van der Waals surface area contributed by atoms with Crippen LogP contribution in [0.4, 0.5) is 45.1 Å². The number of hydrogen-bond donors (Lipinski definition) is 2. The van der Waals surface area contributed by atoms with Crippen LogP contribution in [0.3, 0.4) is 0 Å². The van der Waals surface area contributed by atoms with Crippen LogP contribution in [0, 0.1) is 13.8 Å². The first-order chi connectivity index (χ1) is 21.0. The summed E-state index contributed by atoms with van der Waals surface area (Å²) in [6.45, 7) is 2.03. The van der Waals surface area contributed by atoms with Crippen molar-refractivity contribution in [3.8, 4) is 0 Å². The molecule has 254 valence electrons. The van der Waals surface area contributed by atoms with E-state index in [2.05, 4.69) is 18.9 Å². The third-order valence-corrected chi connectivity index (χ3v) is 8.40. The van der Waals surface area contributed by atoms with Crippen LogP contribution in [0.5, 0.6) is 0 Å². The van der Waals surface area contributed by atoms with Crippen molar-refractivity contribution in [3.63, 3.8) is 0 Å². The molecule has 0 saturated heterocycles. The van der Waals surface area contributed by atoms with Gasteiger partial charge in [0.05, 0.1) is 39.6 Å². The fourth-order valence-electron chi connectivity index (χ4n) is 3.52. The molecule has 0 fully saturated rings. The lowest BCUT2D eigenvalue weighted by Gasteiger charge is -2.35. The number of anilines is 2. The number of ether oxygens (including phenoxy) is 4. The Kier molecular flexibility index (Phi) is 10.8. The SMILES string of the molecule is COC(=O)c1sc(NC(=O)C(F)(F)C(F)(F)C(F)(F)C(F)(F)C(=O)Nc2sc(C(=O)OC)c(C)c2C(=O)OC)c(C(=O)OC)c1C. The van der Waals surface area contributed by atoms with Gasteiger partial charge in [0.2, 0.25) is 0 Å². The van der Waals surface area contributed by atoms with Gasteiger partial charge in [0.1, 0.15) is 19.8 Å². The summed E-state index contributed by atoms with van der Waals surface area (Å²) < 4.78 is 135. The summed E-state index contributed by atoms with van der Waals surface area (Å²) in [6, 6.07) is 0. The minimum atomic E-state index is -7.35. The van der Waals surface area contributed by atoms with Gasteiger partial charge < -0.3 is 29.6 Å². The molecule has 0 aliphatic heterocycles. The van der Waals surface area contributed by atoms with Crippen molar-refractivity contribution in [2.45, 2.75) is 37.5 Å². The van der Waals surface area contributed by atoms with E-state index in [0.29, 0.717) is 0 Å². The molecule has 0 bridgehead atoms. The Morgan fingerprint density at radius 1 is 0.522 bits per heavy atom. The van der Waals surface area contributed by atoms with Crippen LogP contribution in [-0.4, -0.2) is 87.8 Å². The molecule has 22 heteroatoms. The third kappa shape index (κ3) is 6.09. The molecule has 0 saturated carbocycles. The zero-order valence-electron chi connectivity index (χ0n) is 23.9. The maximum atomic E-state index is 14.7. The fraction of sp³-hybridized carbons (Fsp3) is 0.417. The molecule has 0 aliphatic carbocycles. The second-order valence-corrected chi connectivity index (χ2v) is 10.7. The van der Waals surface area contributed by atoms with Gasteiger partial charge in [0.25, 0.3) is 0 Å². The van der Waals surface area contributed by atoms with Crippen molar-refractivity contribution in [1.29, 1.82) is 0 Å². The van der Waals surface area contributed by atoms with Gasteiger partial charge in [-0.3, -0.25) is 9.59 Å². The summed E-state index contributed by atoms with van der Waals surface area (Å²) in [5, 5.41) is -0.167. The summed E-state index contributed by atoms with van der Waals surface area (Å²) in [6.07, 6.45) is 0. The topological polar surface area (TPSA) is 163 Å². The average Bonchev–Trinajstić information content (AvgIpc) is 3.50. The lowest BCUT2D eigenvalue weighted by atomic mass is 9.97. The molecule has 46 heavy (non-hydrogen) atoms. The van der Waals surface area contributed by atoms with Crippen LogP contribution in [-0.2, 0) is 28.5 Å². The van der Waals surface area contributed by atoms with Crippen LogP contribution < -0.4 is 10.6 Å². The van der Waals surface area contributed by atoms with Gasteiger partial charge >= 0.3 is 59.4 Å². The van der Waals surface area contributed by atoms with Crippen LogP contribution in [0.2, 0.25) is 0 Å². The lowest BCUT2D eigenvalue weighted by molar-refractivity contribution is -0.345. The zero-order valence-corrected chi connectivity index (χ0v) is 25.6. The molecular weight excluding hydrogens is 692 g/mol. The molecule has 2 rings (SSSR count). The predicted molar refractivity (Wildman–Crippen MR) is 141 cm³/mol. The number of carbonyl (C=O) groups excluding carboxylic acids is 6. The highest BCUT2D eigenvalue weighted by atomic mass is 32.1. The normalized spacial score (nSPS) is 12.2. The lowest BCUT2D eigenvalue weighted by Crippen LogP contribution is -2.67. The minimum absolute atomic E-state index is 0.00593. The van der Waals surface area contributed by atoms with E-state index < -0.39 is 90.3 Å². The summed E-state index contributed by atoms with van der Waals surface area (Å²) in [4.78, 5) is 71.5. The number of hydrogen-bond acceptors (Lipinski definition) is 12. The molecule has 2 amide bonds. The first kappa shape index (κ1) is 37.8. The van der Waals surface area contributed by atoms with Crippen LogP contribution in [0.1, 0.15) is 51.2 Å². The highest BCUT2D eigenvalue weighted by Crippen LogP contribution is 2.53. The Labute approximate surface area is 259 Å². The van der Waals surface area contributed by atoms with Crippen LogP contribution in [0.25, 0.3) is 0 Å². The van der Waals surface area contributed by atoms with E-state index in [4.69, 9.17) is 0 Å². The second kappa shape index (κ2) is 13.2. The summed E-state index contributed by atoms with van der Waals surface area (Å²) in [5.41, 5.74) is -2.49. The van der Waals surface area contributed by atoms with E-state index in [9.17, 15) is 63.9 Å². The van der Waals surface area contributed by atoms with Crippen LogP contribution >= 0.6 is 22.7 Å². The van der Waals surface area contributed by atoms with Gasteiger partial charge in [-0.15, -0.1) is 22.7 Å². The third-order valence-electron chi connectivity index (χ3n) is 6.02. The van der Waals surface area contributed by atoms with Gasteiger partial charge in [-0.1, -0.05) is 0 Å². The quantitative estimate of drug-likeness (QED) is 0.190. The monoisotopic (exact) mass is 712 g/mol. The van der Waals surface area contributed by atoms with Gasteiger partial charge in [-0.25, -0.2) is 19.2 Å². The van der Waals surface area contributed by atoms with Gasteiger partial charge in [0.15, 0.2) is 0 Å². The molecule has 12 nitrogen and oxygen atoms in total. The van der Waals surface area contributed by atoms with Gasteiger partial charge in [-0.05, 0) is 25.0 Å². The van der Waals surface area contributed by atoms with Crippen molar-refractivity contribution in [3.05, 3.63) is 32.0 Å². The van der Waals surface area contributed by atoms with Gasteiger partial charge in [0, 0.05) is 0 Å². The molecule has 0 spiro atoms. The molecule has 0 radical (unpaired) electrons. The van der Waals surface area contributed by atoms with E-state index in [1.54, 1.807) is 0 Å². The first-order valence-electron chi connectivity index (χ1n) is 11.8. The number of amides is 2. The van der Waals surface area contributed by atoms with Crippen molar-refractivity contribution < 1.29 is 82.8 Å². The molecule has 2 aromatic rings.